The van der Waals surface area contributed by atoms with Crippen LogP contribution in [0.25, 0.3) is 10.8 Å². The van der Waals surface area contributed by atoms with Crippen LogP contribution in [0, 0.1) is 0 Å². The molecule has 5 heteroatoms. The number of rotatable bonds is 4. The Morgan fingerprint density at radius 2 is 1.70 bits per heavy atom. The van der Waals surface area contributed by atoms with E-state index in [2.05, 4.69) is 0 Å². The predicted molar refractivity (Wildman–Crippen MR) is 88.1 cm³/mol. The number of esters is 1. The van der Waals surface area contributed by atoms with Crippen LogP contribution in [0.4, 0.5) is 0 Å². The van der Waals surface area contributed by atoms with Gasteiger partial charge in [0.2, 0.25) is 5.54 Å². The molecule has 2 rings (SSSR count). The van der Waals surface area contributed by atoms with Crippen LogP contribution < -0.4 is 5.73 Å². The normalized spacial score (nSPS) is 14.3. The fraction of sp³-hybridized carbons (Fsp3) is 0.333. The molecule has 1 atom stereocenters. The average Bonchev–Trinajstić information content (AvgIpc) is 2.45. The molecule has 0 amide bonds. The van der Waals surface area contributed by atoms with Crippen LogP contribution in [0.3, 0.4) is 0 Å². The first kappa shape index (κ1) is 17.0. The van der Waals surface area contributed by atoms with Crippen LogP contribution in [0.15, 0.2) is 42.5 Å². The van der Waals surface area contributed by atoms with Gasteiger partial charge in [0.1, 0.15) is 5.60 Å². The van der Waals surface area contributed by atoms with Gasteiger partial charge in [-0.15, -0.1) is 0 Å². The molecular formula is C18H21NO4. The molecule has 0 aliphatic carbocycles. The smallest absolute Gasteiger partial charge is 0.338 e. The average molecular weight is 315 g/mol. The highest BCUT2D eigenvalue weighted by Crippen LogP contribution is 2.24. The van der Waals surface area contributed by atoms with Crippen molar-refractivity contribution >= 4 is 22.7 Å². The van der Waals surface area contributed by atoms with Crippen LogP contribution in [-0.4, -0.2) is 28.2 Å². The maximum Gasteiger partial charge on any atom is 0.338 e. The van der Waals surface area contributed by atoms with Gasteiger partial charge in [0.05, 0.1) is 0 Å². The summed E-state index contributed by atoms with van der Waals surface area (Å²) in [6, 6.07) is 13.1. The van der Waals surface area contributed by atoms with Gasteiger partial charge in [0, 0.05) is 6.42 Å². The molecule has 23 heavy (non-hydrogen) atoms. The monoisotopic (exact) mass is 315 g/mol. The lowest BCUT2D eigenvalue weighted by Crippen LogP contribution is -2.58. The molecule has 0 spiro atoms. The minimum atomic E-state index is -2.13. The zero-order valence-electron chi connectivity index (χ0n) is 13.5. The zero-order valence-corrected chi connectivity index (χ0v) is 13.5. The standard InChI is InChI=1S/C18H21NO4/c1-17(2,3)23-16(22)18(19,15(20)21)11-13-9-6-8-12-7-4-5-10-14(12)13/h4-10H,11,19H2,1-3H3,(H,20,21). The van der Waals surface area contributed by atoms with E-state index in [0.717, 1.165) is 10.8 Å². The Morgan fingerprint density at radius 3 is 2.30 bits per heavy atom. The van der Waals surface area contributed by atoms with E-state index in [1.54, 1.807) is 26.8 Å². The van der Waals surface area contributed by atoms with Gasteiger partial charge in [-0.05, 0) is 37.1 Å². The highest BCUT2D eigenvalue weighted by Gasteiger charge is 2.45. The molecule has 5 nitrogen and oxygen atoms in total. The SMILES string of the molecule is CC(C)(C)OC(=O)C(N)(Cc1cccc2ccccc12)C(=O)O. The third-order valence-corrected chi connectivity index (χ3v) is 3.49. The summed E-state index contributed by atoms with van der Waals surface area (Å²) in [6.45, 7) is 5.02. The minimum absolute atomic E-state index is 0.140. The third-order valence-electron chi connectivity index (χ3n) is 3.49. The van der Waals surface area contributed by atoms with E-state index in [1.807, 2.05) is 36.4 Å². The number of carboxylic acids is 1. The van der Waals surface area contributed by atoms with E-state index in [0.29, 0.717) is 5.56 Å². The van der Waals surface area contributed by atoms with Crippen LogP contribution in [0.5, 0.6) is 0 Å². The molecular weight excluding hydrogens is 294 g/mol. The van der Waals surface area contributed by atoms with Gasteiger partial charge in [-0.2, -0.15) is 0 Å². The van der Waals surface area contributed by atoms with Gasteiger partial charge < -0.3 is 15.6 Å². The molecule has 0 fully saturated rings. The van der Waals surface area contributed by atoms with Crippen molar-refractivity contribution in [3.05, 3.63) is 48.0 Å². The van der Waals surface area contributed by atoms with E-state index in [-0.39, 0.29) is 6.42 Å². The Balaban J connectivity index is 2.42. The van der Waals surface area contributed by atoms with Crippen molar-refractivity contribution in [3.63, 3.8) is 0 Å². The minimum Gasteiger partial charge on any atom is -0.479 e. The Bertz CT molecular complexity index is 743. The van der Waals surface area contributed by atoms with Crippen LogP contribution in [0.1, 0.15) is 26.3 Å². The number of nitrogens with two attached hydrogens (primary N) is 1. The highest BCUT2D eigenvalue weighted by atomic mass is 16.6. The van der Waals surface area contributed by atoms with Crippen molar-refractivity contribution in [1.29, 1.82) is 0 Å². The van der Waals surface area contributed by atoms with Gasteiger partial charge in [-0.25, -0.2) is 9.59 Å². The zero-order chi connectivity index (χ0) is 17.3. The lowest BCUT2D eigenvalue weighted by atomic mass is 9.89. The summed E-state index contributed by atoms with van der Waals surface area (Å²) >= 11 is 0. The summed E-state index contributed by atoms with van der Waals surface area (Å²) in [4.78, 5) is 24.0. The van der Waals surface area contributed by atoms with Gasteiger partial charge >= 0.3 is 11.9 Å². The number of carbonyl (C=O) groups excluding carboxylic acids is 1. The van der Waals surface area contributed by atoms with Gasteiger partial charge in [0.15, 0.2) is 0 Å². The van der Waals surface area contributed by atoms with Crippen molar-refractivity contribution in [2.24, 2.45) is 5.73 Å². The molecule has 0 aliphatic heterocycles. The van der Waals surface area contributed by atoms with E-state index in [1.165, 1.54) is 0 Å². The number of carbonyl (C=O) groups is 2. The third kappa shape index (κ3) is 3.68. The Hall–Kier alpha value is -2.40. The number of hydrogen-bond donors (Lipinski definition) is 2. The Kier molecular flexibility index (Phi) is 4.43. The molecule has 2 aromatic rings. The molecule has 0 heterocycles. The van der Waals surface area contributed by atoms with Gasteiger partial charge in [-0.1, -0.05) is 42.5 Å². The summed E-state index contributed by atoms with van der Waals surface area (Å²) in [6.07, 6.45) is -0.140. The maximum absolute atomic E-state index is 12.3. The number of benzene rings is 2. The van der Waals surface area contributed by atoms with Crippen molar-refractivity contribution in [3.8, 4) is 0 Å². The summed E-state index contributed by atoms with van der Waals surface area (Å²) in [5.41, 5.74) is 3.70. The predicted octanol–water partition coefficient (Wildman–Crippen LogP) is 2.51. The number of aliphatic carboxylic acids is 1. The topological polar surface area (TPSA) is 89.6 Å². The van der Waals surface area contributed by atoms with Crippen LogP contribution in [0.2, 0.25) is 0 Å². The second kappa shape index (κ2) is 6.01. The fourth-order valence-electron chi connectivity index (χ4n) is 2.35. The Labute approximate surface area is 135 Å². The fourth-order valence-corrected chi connectivity index (χ4v) is 2.35. The second-order valence-electron chi connectivity index (χ2n) is 6.59. The van der Waals surface area contributed by atoms with Gasteiger partial charge in [0.25, 0.3) is 0 Å². The number of hydrogen-bond acceptors (Lipinski definition) is 4. The highest BCUT2D eigenvalue weighted by molar-refractivity contribution is 6.04. The van der Waals surface area contributed by atoms with Crippen molar-refractivity contribution in [1.82, 2.24) is 0 Å². The quantitative estimate of drug-likeness (QED) is 0.668. The summed E-state index contributed by atoms with van der Waals surface area (Å²) in [5, 5.41) is 11.3. The first-order valence-corrected chi connectivity index (χ1v) is 7.36. The van der Waals surface area contributed by atoms with Crippen molar-refractivity contribution < 1.29 is 19.4 Å². The molecule has 3 N–H and O–H groups in total. The van der Waals surface area contributed by atoms with Crippen LogP contribution >= 0.6 is 0 Å². The first-order valence-electron chi connectivity index (χ1n) is 7.36. The Morgan fingerprint density at radius 1 is 1.09 bits per heavy atom. The molecule has 0 saturated carbocycles. The largest absolute Gasteiger partial charge is 0.479 e. The molecule has 0 saturated heterocycles. The van der Waals surface area contributed by atoms with E-state index in [4.69, 9.17) is 10.5 Å². The summed E-state index contributed by atoms with van der Waals surface area (Å²) in [7, 11) is 0. The molecule has 0 aliphatic rings. The van der Waals surface area contributed by atoms with E-state index in [9.17, 15) is 14.7 Å². The molecule has 2 aromatic carbocycles. The van der Waals surface area contributed by atoms with Crippen LogP contribution in [-0.2, 0) is 20.7 Å². The van der Waals surface area contributed by atoms with E-state index < -0.39 is 23.1 Å². The van der Waals surface area contributed by atoms with Crippen molar-refractivity contribution in [2.75, 3.05) is 0 Å². The van der Waals surface area contributed by atoms with Gasteiger partial charge in [-0.3, -0.25) is 0 Å². The summed E-state index contributed by atoms with van der Waals surface area (Å²) in [5.74, 6) is -2.34. The van der Waals surface area contributed by atoms with E-state index >= 15 is 0 Å². The lowest BCUT2D eigenvalue weighted by Gasteiger charge is -2.28. The maximum atomic E-state index is 12.3. The molecule has 0 bridgehead atoms. The number of fused-ring (bicyclic) bond motifs is 1. The summed E-state index contributed by atoms with van der Waals surface area (Å²) < 4.78 is 5.20. The molecule has 0 radical (unpaired) electrons. The first-order chi connectivity index (χ1) is 10.6. The molecule has 122 valence electrons. The molecule has 0 aromatic heterocycles. The number of ether oxygens (including phenoxy) is 1. The van der Waals surface area contributed by atoms with Crippen molar-refractivity contribution in [2.45, 2.75) is 38.3 Å². The lowest BCUT2D eigenvalue weighted by molar-refractivity contribution is -0.169. The second-order valence-corrected chi connectivity index (χ2v) is 6.59. The number of carboxylic acid groups (broad SMARTS) is 1. The molecule has 1 unspecified atom stereocenters.